The SMILES string of the molecule is COCCn1ncc(Cl)c1C(N)c1cc(I)ccc1Br. The van der Waals surface area contributed by atoms with E-state index >= 15 is 0 Å². The number of hydrogen-bond acceptors (Lipinski definition) is 3. The standard InChI is InChI=1S/C13H14BrClIN3O/c1-20-5-4-19-13(11(15)7-18-19)12(17)9-6-8(16)2-3-10(9)14/h2-3,6-7,12H,4-5,17H2,1H3. The van der Waals surface area contributed by atoms with Gasteiger partial charge in [0, 0.05) is 15.2 Å². The molecule has 4 nitrogen and oxygen atoms in total. The van der Waals surface area contributed by atoms with Gasteiger partial charge in [-0.25, -0.2) is 0 Å². The highest BCUT2D eigenvalue weighted by Gasteiger charge is 2.20. The molecule has 1 unspecified atom stereocenters. The van der Waals surface area contributed by atoms with Crippen molar-refractivity contribution in [2.75, 3.05) is 13.7 Å². The molecule has 2 rings (SSSR count). The third-order valence-electron chi connectivity index (χ3n) is 2.93. The minimum absolute atomic E-state index is 0.342. The quantitative estimate of drug-likeness (QED) is 0.680. The summed E-state index contributed by atoms with van der Waals surface area (Å²) in [6.45, 7) is 1.18. The third-order valence-corrected chi connectivity index (χ3v) is 4.61. The second-order valence-corrected chi connectivity index (χ2v) is 6.74. The highest BCUT2D eigenvalue weighted by molar-refractivity contribution is 14.1. The largest absolute Gasteiger partial charge is 0.383 e. The molecule has 0 saturated carbocycles. The molecule has 1 aromatic carbocycles. The molecule has 1 heterocycles. The Labute approximate surface area is 144 Å². The van der Waals surface area contributed by atoms with Crippen molar-refractivity contribution in [3.8, 4) is 0 Å². The van der Waals surface area contributed by atoms with Crippen molar-refractivity contribution in [3.05, 3.63) is 48.7 Å². The predicted molar refractivity (Wildman–Crippen MR) is 92.0 cm³/mol. The number of nitrogens with zero attached hydrogens (tertiary/aromatic N) is 2. The topological polar surface area (TPSA) is 53.1 Å². The fourth-order valence-electron chi connectivity index (χ4n) is 1.94. The van der Waals surface area contributed by atoms with E-state index < -0.39 is 0 Å². The summed E-state index contributed by atoms with van der Waals surface area (Å²) in [6, 6.07) is 5.70. The van der Waals surface area contributed by atoms with Crippen LogP contribution in [0, 0.1) is 3.57 Å². The molecule has 0 aliphatic heterocycles. The van der Waals surface area contributed by atoms with E-state index in [2.05, 4.69) is 43.6 Å². The Morgan fingerprint density at radius 3 is 3.00 bits per heavy atom. The first kappa shape index (κ1) is 16.2. The first-order chi connectivity index (χ1) is 9.54. The average molecular weight is 471 g/mol. The fourth-order valence-corrected chi connectivity index (χ4v) is 3.20. The van der Waals surface area contributed by atoms with Crippen molar-refractivity contribution < 1.29 is 4.74 Å². The number of aromatic nitrogens is 2. The first-order valence-corrected chi connectivity index (χ1v) is 8.20. The number of methoxy groups -OCH3 is 1. The Morgan fingerprint density at radius 1 is 1.55 bits per heavy atom. The summed E-state index contributed by atoms with van der Waals surface area (Å²) in [6.07, 6.45) is 1.62. The molecule has 2 N–H and O–H groups in total. The summed E-state index contributed by atoms with van der Waals surface area (Å²) in [5, 5.41) is 4.83. The molecular formula is C13H14BrClIN3O. The molecule has 0 saturated heterocycles. The Hall–Kier alpha value is -0.150. The number of halogens is 3. The van der Waals surface area contributed by atoms with Gasteiger partial charge in [0.25, 0.3) is 0 Å². The van der Waals surface area contributed by atoms with E-state index in [0.717, 1.165) is 19.3 Å². The lowest BCUT2D eigenvalue weighted by molar-refractivity contribution is 0.182. The number of hydrogen-bond donors (Lipinski definition) is 1. The minimum atomic E-state index is -0.342. The molecule has 0 bridgehead atoms. The van der Waals surface area contributed by atoms with Crippen LogP contribution in [0.1, 0.15) is 17.3 Å². The highest BCUT2D eigenvalue weighted by atomic mass is 127. The van der Waals surface area contributed by atoms with Crippen molar-refractivity contribution >= 4 is 50.1 Å². The summed E-state index contributed by atoms with van der Waals surface area (Å²) in [5.41, 5.74) is 8.17. The predicted octanol–water partition coefficient (Wildman–Crippen LogP) is 3.60. The lowest BCUT2D eigenvalue weighted by atomic mass is 10.0. The Balaban J connectivity index is 2.39. The van der Waals surface area contributed by atoms with Gasteiger partial charge in [0.1, 0.15) is 0 Å². The van der Waals surface area contributed by atoms with Crippen LogP contribution < -0.4 is 5.73 Å². The van der Waals surface area contributed by atoms with E-state index in [9.17, 15) is 0 Å². The van der Waals surface area contributed by atoms with Crippen LogP contribution in [-0.2, 0) is 11.3 Å². The molecule has 0 radical (unpaired) electrons. The summed E-state index contributed by atoms with van der Waals surface area (Å²) in [7, 11) is 1.65. The van der Waals surface area contributed by atoms with Crippen molar-refractivity contribution in [2.24, 2.45) is 5.73 Å². The van der Waals surface area contributed by atoms with E-state index in [-0.39, 0.29) is 6.04 Å². The Bertz CT molecular complexity index is 605. The lowest BCUT2D eigenvalue weighted by Gasteiger charge is -2.17. The van der Waals surface area contributed by atoms with Crippen molar-refractivity contribution in [1.29, 1.82) is 0 Å². The van der Waals surface area contributed by atoms with E-state index in [1.54, 1.807) is 18.0 Å². The van der Waals surface area contributed by atoms with Gasteiger partial charge in [-0.1, -0.05) is 27.5 Å². The van der Waals surface area contributed by atoms with Crippen LogP contribution in [-0.4, -0.2) is 23.5 Å². The number of ether oxygens (including phenoxy) is 1. The minimum Gasteiger partial charge on any atom is -0.383 e. The van der Waals surface area contributed by atoms with Crippen molar-refractivity contribution in [2.45, 2.75) is 12.6 Å². The molecule has 20 heavy (non-hydrogen) atoms. The van der Waals surface area contributed by atoms with E-state index in [0.29, 0.717) is 18.2 Å². The first-order valence-electron chi connectivity index (χ1n) is 5.95. The molecule has 2 aromatic rings. The fraction of sp³-hybridized carbons (Fsp3) is 0.308. The van der Waals surface area contributed by atoms with Gasteiger partial charge in [-0.3, -0.25) is 4.68 Å². The second kappa shape index (κ2) is 7.22. The zero-order valence-electron chi connectivity index (χ0n) is 10.8. The molecule has 0 spiro atoms. The summed E-state index contributed by atoms with van der Waals surface area (Å²) < 4.78 is 8.96. The third kappa shape index (κ3) is 3.54. The van der Waals surface area contributed by atoms with Gasteiger partial charge in [-0.15, -0.1) is 0 Å². The van der Waals surface area contributed by atoms with Crippen LogP contribution in [0.25, 0.3) is 0 Å². The second-order valence-electron chi connectivity index (χ2n) is 4.24. The molecule has 108 valence electrons. The normalized spacial score (nSPS) is 12.7. The van der Waals surface area contributed by atoms with Gasteiger partial charge in [0.15, 0.2) is 0 Å². The molecule has 0 amide bonds. The zero-order chi connectivity index (χ0) is 14.7. The van der Waals surface area contributed by atoms with Gasteiger partial charge < -0.3 is 10.5 Å². The van der Waals surface area contributed by atoms with Gasteiger partial charge in [0.05, 0.1) is 36.1 Å². The van der Waals surface area contributed by atoms with Crippen LogP contribution in [0.2, 0.25) is 5.02 Å². The lowest BCUT2D eigenvalue weighted by Crippen LogP contribution is -2.20. The average Bonchev–Trinajstić information content (AvgIpc) is 2.79. The van der Waals surface area contributed by atoms with Gasteiger partial charge in [0.2, 0.25) is 0 Å². The summed E-state index contributed by atoms with van der Waals surface area (Å²) >= 11 is 12.0. The number of nitrogens with two attached hydrogens (primary N) is 1. The summed E-state index contributed by atoms with van der Waals surface area (Å²) in [4.78, 5) is 0. The van der Waals surface area contributed by atoms with Crippen molar-refractivity contribution in [3.63, 3.8) is 0 Å². The van der Waals surface area contributed by atoms with Crippen LogP contribution in [0.4, 0.5) is 0 Å². The maximum absolute atomic E-state index is 6.38. The Kier molecular flexibility index (Phi) is 5.85. The van der Waals surface area contributed by atoms with E-state index in [1.165, 1.54) is 0 Å². The van der Waals surface area contributed by atoms with E-state index in [4.69, 9.17) is 22.1 Å². The maximum atomic E-state index is 6.38. The van der Waals surface area contributed by atoms with Gasteiger partial charge in [-0.05, 0) is 46.4 Å². The number of rotatable bonds is 5. The molecular weight excluding hydrogens is 456 g/mol. The highest BCUT2D eigenvalue weighted by Crippen LogP contribution is 2.31. The molecule has 0 fully saturated rings. The van der Waals surface area contributed by atoms with Crippen LogP contribution >= 0.6 is 50.1 Å². The maximum Gasteiger partial charge on any atom is 0.0837 e. The molecule has 1 aromatic heterocycles. The monoisotopic (exact) mass is 469 g/mol. The van der Waals surface area contributed by atoms with Gasteiger partial charge in [-0.2, -0.15) is 5.10 Å². The zero-order valence-corrected chi connectivity index (χ0v) is 15.3. The van der Waals surface area contributed by atoms with Crippen LogP contribution in [0.3, 0.4) is 0 Å². The molecule has 1 atom stereocenters. The van der Waals surface area contributed by atoms with Crippen LogP contribution in [0.5, 0.6) is 0 Å². The smallest absolute Gasteiger partial charge is 0.0837 e. The Morgan fingerprint density at radius 2 is 2.30 bits per heavy atom. The van der Waals surface area contributed by atoms with Crippen LogP contribution in [0.15, 0.2) is 28.9 Å². The van der Waals surface area contributed by atoms with Gasteiger partial charge >= 0.3 is 0 Å². The molecule has 0 aliphatic carbocycles. The van der Waals surface area contributed by atoms with E-state index in [1.807, 2.05) is 18.2 Å². The van der Waals surface area contributed by atoms with Crippen molar-refractivity contribution in [1.82, 2.24) is 9.78 Å². The molecule has 0 aliphatic rings. The molecule has 7 heteroatoms. The summed E-state index contributed by atoms with van der Waals surface area (Å²) in [5.74, 6) is 0. The number of benzene rings is 1.